The maximum Gasteiger partial charge on any atom is 0.163 e. The molecular weight excluding hydrogens is 555 g/mol. The van der Waals surface area contributed by atoms with Gasteiger partial charge in [0.1, 0.15) is 39.0 Å². The van der Waals surface area contributed by atoms with Gasteiger partial charge in [0, 0.05) is 0 Å². The zero-order valence-corrected chi connectivity index (χ0v) is 18.6. The lowest BCUT2D eigenvalue weighted by Crippen LogP contribution is -3.03. The van der Waals surface area contributed by atoms with Crippen molar-refractivity contribution < 1.29 is 0 Å². The number of halogens is 12. The third-order valence-electron chi connectivity index (χ3n) is 6.48. The Morgan fingerprint density at radius 2 is 0.364 bits per heavy atom. The Bertz CT molecular complexity index is 575. The molecule has 0 heterocycles. The van der Waals surface area contributed by atoms with Crippen LogP contribution in [-0.2, 0) is 0 Å². The van der Waals surface area contributed by atoms with Crippen LogP contribution in [0.15, 0.2) is 0 Å². The van der Waals surface area contributed by atoms with Crippen molar-refractivity contribution in [2.45, 2.75) is 47.7 Å². The fraction of sp³-hybridized carbons (Fsp3) is 1.00. The topological polar surface area (TPSA) is 0 Å². The van der Waals surface area contributed by atoms with Gasteiger partial charge in [-0.25, -0.2) is 0 Å². The maximum absolute atomic E-state index is 6.79. The van der Waals surface area contributed by atoms with Crippen LogP contribution in [0.25, 0.3) is 0 Å². The largest absolute Gasteiger partial charge is 0.163 e. The van der Waals surface area contributed by atoms with Gasteiger partial charge in [-0.3, -0.25) is 0 Å². The molecule has 6 fully saturated rings. The first-order valence-corrected chi connectivity index (χ1v) is 10.3. The highest BCUT2D eigenvalue weighted by atomic mass is 35.5. The second-order valence-electron chi connectivity index (χ2n) is 6.42. The van der Waals surface area contributed by atoms with Crippen LogP contribution in [-0.4, -0.2) is 47.7 Å². The fourth-order valence-electron chi connectivity index (χ4n) is 5.88. The van der Waals surface area contributed by atoms with Crippen molar-refractivity contribution in [2.75, 3.05) is 0 Å². The van der Waals surface area contributed by atoms with Crippen molar-refractivity contribution >= 4 is 139 Å². The Kier molecular flexibility index (Phi) is 2.67. The van der Waals surface area contributed by atoms with Gasteiger partial charge < -0.3 is 0 Å². The molecule has 0 aromatic rings. The van der Waals surface area contributed by atoms with Crippen LogP contribution in [0.2, 0.25) is 0 Å². The highest BCUT2D eigenvalue weighted by Gasteiger charge is 3.32. The Morgan fingerprint density at radius 3 is 0.500 bits per heavy atom. The van der Waals surface area contributed by atoms with E-state index in [1.54, 1.807) is 0 Å². The van der Waals surface area contributed by atoms with Crippen LogP contribution in [0.5, 0.6) is 0 Å². The highest BCUT2D eigenvalue weighted by molar-refractivity contribution is 6.82. The molecule has 0 aliphatic heterocycles. The van der Waals surface area contributed by atoms with Gasteiger partial charge >= 0.3 is 0 Å². The van der Waals surface area contributed by atoms with E-state index in [9.17, 15) is 0 Å². The molecule has 0 unspecified atom stereocenters. The molecule has 124 valence electrons. The first kappa shape index (κ1) is 17.6. The average molecular weight is 555 g/mol. The Labute approximate surface area is 185 Å². The molecule has 0 radical (unpaired) electrons. The highest BCUT2D eigenvalue weighted by Crippen LogP contribution is 3.13. The average Bonchev–Trinajstić information content (AvgIpc) is 2.62. The van der Waals surface area contributed by atoms with Crippen molar-refractivity contribution in [1.82, 2.24) is 0 Å². The molecule has 0 atom stereocenters. The molecule has 0 nitrogen and oxygen atoms in total. The van der Waals surface area contributed by atoms with Crippen LogP contribution < -0.4 is 0 Å². The molecule has 0 amide bonds. The van der Waals surface area contributed by atoms with Crippen LogP contribution >= 0.6 is 139 Å². The lowest BCUT2D eigenvalue weighted by atomic mass is 10.4. The SMILES string of the molecule is Cl[13C]1(Cl)[13C]2(Cl)[13C]3(Cl)[13C]4(Cl)[13C](Cl)(Cl)[13C]5(Cl)[13C]3(Cl)[13C]1(Cl)[13C]5(Cl)[13C]24Cl. The molecule has 6 saturated carbocycles. The molecule has 4 bridgehead atoms. The van der Waals surface area contributed by atoms with E-state index in [0.717, 1.165) is 0 Å². The minimum Gasteiger partial charge on any atom is -0.113 e. The second-order valence-corrected chi connectivity index (χ2v) is 13.6. The number of hydrogen-bond acceptors (Lipinski definition) is 0. The summed E-state index contributed by atoms with van der Waals surface area (Å²) in [5.41, 5.74) is 0. The molecule has 22 heavy (non-hydrogen) atoms. The van der Waals surface area contributed by atoms with E-state index < -0.39 is 47.7 Å². The maximum atomic E-state index is 6.79. The summed E-state index contributed by atoms with van der Waals surface area (Å²) in [5, 5.41) is 0. The van der Waals surface area contributed by atoms with Crippen LogP contribution in [0.4, 0.5) is 0 Å². The zero-order chi connectivity index (χ0) is 17.0. The van der Waals surface area contributed by atoms with Gasteiger partial charge in [0.25, 0.3) is 0 Å². The predicted molar refractivity (Wildman–Crippen MR) is 97.5 cm³/mol. The first-order valence-electron chi connectivity index (χ1n) is 5.77. The van der Waals surface area contributed by atoms with Gasteiger partial charge in [0.2, 0.25) is 0 Å². The van der Waals surface area contributed by atoms with Crippen molar-refractivity contribution in [3.63, 3.8) is 0 Å². The standard InChI is InChI=1S/C10Cl12/c11-1-2(12)7(17)4(14)3(13,5(1,15)9(7,19)20)6(1,16)10(21,22)8(2,4)18/i1+1,2+1,3+1,4+1,5+1,6+1,7+1,8+1,9+1,10+1. The molecule has 0 aromatic heterocycles. The summed E-state index contributed by atoms with van der Waals surface area (Å²) in [6, 6.07) is 0. The number of alkyl halides is 12. The molecule has 0 saturated heterocycles. The third-order valence-corrected chi connectivity index (χ3v) is 17.3. The number of hydrogen-bond donors (Lipinski definition) is 0. The smallest absolute Gasteiger partial charge is 0.113 e. The van der Waals surface area contributed by atoms with Crippen molar-refractivity contribution in [1.29, 1.82) is 0 Å². The molecule has 0 spiro atoms. The number of rotatable bonds is 0. The van der Waals surface area contributed by atoms with Gasteiger partial charge in [0.05, 0.1) is 0 Å². The predicted octanol–water partition coefficient (Wildman–Crippen LogP) is 6.22. The van der Waals surface area contributed by atoms with Gasteiger partial charge in [-0.15, -0.1) is 92.8 Å². The van der Waals surface area contributed by atoms with Crippen LogP contribution in [0.1, 0.15) is 0 Å². The lowest BCUT2D eigenvalue weighted by molar-refractivity contribution is 0.000455. The van der Waals surface area contributed by atoms with Crippen LogP contribution in [0.3, 0.4) is 0 Å². The first-order chi connectivity index (χ1) is 9.50. The van der Waals surface area contributed by atoms with Gasteiger partial charge in [-0.1, -0.05) is 46.4 Å². The molecule has 0 N–H and O–H groups in total. The van der Waals surface area contributed by atoms with E-state index in [2.05, 4.69) is 0 Å². The summed E-state index contributed by atoms with van der Waals surface area (Å²) < 4.78 is -3.84. The summed E-state index contributed by atoms with van der Waals surface area (Å²) >= 11 is 80.0. The quantitative estimate of drug-likeness (QED) is 0.246. The summed E-state index contributed by atoms with van der Waals surface area (Å²) in [6.45, 7) is 0. The van der Waals surface area contributed by atoms with Gasteiger partial charge in [0.15, 0.2) is 8.67 Å². The second kappa shape index (κ2) is 3.35. The minimum atomic E-state index is -1.92. The summed E-state index contributed by atoms with van der Waals surface area (Å²) in [5.74, 6) is 0. The molecule has 6 aliphatic carbocycles. The summed E-state index contributed by atoms with van der Waals surface area (Å²) in [7, 11) is 0. The molecular formula is C10Cl12. The molecule has 6 aliphatic rings. The minimum absolute atomic E-state index is 1.79. The van der Waals surface area contributed by atoms with E-state index in [4.69, 9.17) is 139 Å². The summed E-state index contributed by atoms with van der Waals surface area (Å²) in [4.78, 5) is -14.3. The van der Waals surface area contributed by atoms with E-state index >= 15 is 0 Å². The van der Waals surface area contributed by atoms with Crippen LogP contribution in [0, 0.1) is 0 Å². The Morgan fingerprint density at radius 1 is 0.227 bits per heavy atom. The lowest BCUT2D eigenvalue weighted by Gasteiger charge is -2.81. The van der Waals surface area contributed by atoms with E-state index in [1.807, 2.05) is 0 Å². The molecule has 6 rings (SSSR count). The van der Waals surface area contributed by atoms with Gasteiger partial charge in [-0.05, 0) is 0 Å². The van der Waals surface area contributed by atoms with Crippen molar-refractivity contribution in [3.05, 3.63) is 0 Å². The van der Waals surface area contributed by atoms with E-state index in [0.29, 0.717) is 0 Å². The van der Waals surface area contributed by atoms with Crippen molar-refractivity contribution in [3.8, 4) is 0 Å². The van der Waals surface area contributed by atoms with Crippen molar-refractivity contribution in [2.24, 2.45) is 0 Å². The third kappa shape index (κ3) is 0.708. The van der Waals surface area contributed by atoms with E-state index in [1.165, 1.54) is 0 Å². The van der Waals surface area contributed by atoms with Gasteiger partial charge in [-0.2, -0.15) is 0 Å². The monoisotopic (exact) mass is 550 g/mol. The summed E-state index contributed by atoms with van der Waals surface area (Å²) in [6.07, 6.45) is 0. The Balaban J connectivity index is 2.08. The molecule has 0 aromatic carbocycles. The van der Waals surface area contributed by atoms with E-state index in [-0.39, 0.29) is 0 Å². The zero-order valence-electron chi connectivity index (χ0n) is 9.54. The molecule has 12 heteroatoms. The fourth-order valence-corrected chi connectivity index (χ4v) is 16.0. The Hall–Kier alpha value is 3.48. The normalized spacial score (nSPS) is 80.2.